The molecule has 1 fully saturated rings. The van der Waals surface area contributed by atoms with Crippen LogP contribution in [0.2, 0.25) is 0 Å². The number of hydrogen-bond donors (Lipinski definition) is 0. The summed E-state index contributed by atoms with van der Waals surface area (Å²) < 4.78 is 1.05. The number of nitrogens with zero attached hydrogens (tertiary/aromatic N) is 3. The molecule has 0 aliphatic carbocycles. The summed E-state index contributed by atoms with van der Waals surface area (Å²) in [7, 11) is 4.05. The summed E-state index contributed by atoms with van der Waals surface area (Å²) in [5, 5.41) is -0.0385. The van der Waals surface area contributed by atoms with Gasteiger partial charge >= 0.3 is 0 Å². The van der Waals surface area contributed by atoms with Gasteiger partial charge in [0, 0.05) is 48.8 Å². The van der Waals surface area contributed by atoms with E-state index in [9.17, 15) is 4.79 Å². The Balaban J connectivity index is 1.64. The second kappa shape index (κ2) is 8.59. The van der Waals surface area contributed by atoms with Crippen molar-refractivity contribution in [3.8, 4) is 11.1 Å². The number of carbonyl (C=O) groups is 1. The lowest BCUT2D eigenvalue weighted by atomic mass is 10.0. The van der Waals surface area contributed by atoms with Crippen molar-refractivity contribution in [1.29, 1.82) is 0 Å². The third-order valence-corrected chi connectivity index (χ3v) is 6.81. The van der Waals surface area contributed by atoms with Crippen LogP contribution in [0.25, 0.3) is 11.1 Å². The Labute approximate surface area is 184 Å². The summed E-state index contributed by atoms with van der Waals surface area (Å²) in [4.78, 5) is 21.1. The number of pyridine rings is 1. The van der Waals surface area contributed by atoms with Crippen LogP contribution >= 0.6 is 27.7 Å². The largest absolute Gasteiger partial charge is 0.378 e. The van der Waals surface area contributed by atoms with E-state index in [1.165, 1.54) is 0 Å². The lowest BCUT2D eigenvalue weighted by molar-refractivity contribution is -0.128. The molecular weight excluding hydrogens is 446 g/mol. The van der Waals surface area contributed by atoms with Crippen LogP contribution in [0.1, 0.15) is 16.5 Å². The van der Waals surface area contributed by atoms with Crippen molar-refractivity contribution in [3.63, 3.8) is 0 Å². The molecule has 29 heavy (non-hydrogen) atoms. The molecule has 0 N–H and O–H groups in total. The molecular formula is C23H22BrN3OS. The molecule has 1 amide bonds. The zero-order valence-corrected chi connectivity index (χ0v) is 18.8. The molecule has 0 bridgehead atoms. The van der Waals surface area contributed by atoms with Crippen LogP contribution in [0.3, 0.4) is 0 Å². The summed E-state index contributed by atoms with van der Waals surface area (Å²) >= 11 is 5.17. The molecule has 0 radical (unpaired) electrons. The molecule has 148 valence electrons. The standard InChI is InChI=1S/C23H22BrN3OS/c1-26(2)19-9-3-16(4-10-19)14-27-22(28)15-29-23(27)21-13-25-12-11-20(21)17-5-7-18(24)8-6-17/h3-13,23H,14-15H2,1-2H3. The second-order valence-corrected chi connectivity index (χ2v) is 9.20. The molecule has 1 unspecified atom stereocenters. The Morgan fingerprint density at radius 2 is 1.83 bits per heavy atom. The Morgan fingerprint density at radius 3 is 2.52 bits per heavy atom. The van der Waals surface area contributed by atoms with E-state index in [1.807, 2.05) is 49.6 Å². The molecule has 1 aromatic heterocycles. The van der Waals surface area contributed by atoms with Crippen molar-refractivity contribution in [1.82, 2.24) is 9.88 Å². The molecule has 2 aromatic carbocycles. The van der Waals surface area contributed by atoms with Gasteiger partial charge in [-0.2, -0.15) is 0 Å². The van der Waals surface area contributed by atoms with Gasteiger partial charge in [-0.1, -0.05) is 40.2 Å². The predicted molar refractivity (Wildman–Crippen MR) is 124 cm³/mol. The number of benzene rings is 2. The maximum absolute atomic E-state index is 12.7. The maximum atomic E-state index is 12.7. The van der Waals surface area contributed by atoms with Gasteiger partial charge in [-0.15, -0.1) is 11.8 Å². The van der Waals surface area contributed by atoms with Gasteiger partial charge in [0.15, 0.2) is 0 Å². The number of thioether (sulfide) groups is 1. The monoisotopic (exact) mass is 467 g/mol. The van der Waals surface area contributed by atoms with Gasteiger partial charge in [-0.05, 0) is 47.0 Å². The van der Waals surface area contributed by atoms with Crippen molar-refractivity contribution in [2.45, 2.75) is 11.9 Å². The molecule has 0 spiro atoms. The quantitative estimate of drug-likeness (QED) is 0.506. The summed E-state index contributed by atoms with van der Waals surface area (Å²) in [6.45, 7) is 0.596. The fourth-order valence-electron chi connectivity index (χ4n) is 3.47. The van der Waals surface area contributed by atoms with Crippen LogP contribution in [-0.2, 0) is 11.3 Å². The summed E-state index contributed by atoms with van der Waals surface area (Å²) in [6.07, 6.45) is 3.71. The zero-order valence-electron chi connectivity index (χ0n) is 16.4. The van der Waals surface area contributed by atoms with Gasteiger partial charge < -0.3 is 9.80 Å². The molecule has 1 aliphatic heterocycles. The van der Waals surface area contributed by atoms with E-state index in [1.54, 1.807) is 11.8 Å². The van der Waals surface area contributed by atoms with Gasteiger partial charge in [0.1, 0.15) is 5.37 Å². The van der Waals surface area contributed by atoms with Crippen molar-refractivity contribution < 1.29 is 4.79 Å². The Kier molecular flexibility index (Phi) is 5.92. The number of halogens is 1. The maximum Gasteiger partial charge on any atom is 0.234 e. The highest BCUT2D eigenvalue weighted by Crippen LogP contribution is 2.43. The highest BCUT2D eigenvalue weighted by molar-refractivity contribution is 9.10. The third-order valence-electron chi connectivity index (χ3n) is 5.05. The smallest absolute Gasteiger partial charge is 0.234 e. The molecule has 2 heterocycles. The van der Waals surface area contributed by atoms with E-state index in [2.05, 4.69) is 62.2 Å². The van der Waals surface area contributed by atoms with Gasteiger partial charge in [0.25, 0.3) is 0 Å². The van der Waals surface area contributed by atoms with E-state index >= 15 is 0 Å². The molecule has 3 aromatic rings. The van der Waals surface area contributed by atoms with Crippen LogP contribution in [-0.4, -0.2) is 35.6 Å². The first-order valence-electron chi connectivity index (χ1n) is 9.40. The van der Waals surface area contributed by atoms with E-state index in [0.717, 1.165) is 32.4 Å². The minimum absolute atomic E-state index is 0.0385. The number of hydrogen-bond acceptors (Lipinski definition) is 4. The summed E-state index contributed by atoms with van der Waals surface area (Å²) in [5.41, 5.74) is 5.60. The summed E-state index contributed by atoms with van der Waals surface area (Å²) in [6, 6.07) is 18.7. The molecule has 1 atom stereocenters. The Morgan fingerprint density at radius 1 is 1.10 bits per heavy atom. The first kappa shape index (κ1) is 20.0. The molecule has 1 saturated heterocycles. The minimum atomic E-state index is -0.0385. The molecule has 6 heteroatoms. The Hall–Kier alpha value is -2.31. The van der Waals surface area contributed by atoms with Crippen molar-refractivity contribution in [3.05, 3.63) is 82.6 Å². The minimum Gasteiger partial charge on any atom is -0.378 e. The second-order valence-electron chi connectivity index (χ2n) is 7.22. The van der Waals surface area contributed by atoms with Crippen LogP contribution in [0.5, 0.6) is 0 Å². The normalized spacial score (nSPS) is 16.3. The van der Waals surface area contributed by atoms with Crippen LogP contribution in [0.4, 0.5) is 5.69 Å². The predicted octanol–water partition coefficient (Wildman–Crippen LogP) is 5.35. The van der Waals surface area contributed by atoms with Gasteiger partial charge in [-0.3, -0.25) is 9.78 Å². The molecule has 1 aliphatic rings. The number of carbonyl (C=O) groups excluding carboxylic acids is 1. The van der Waals surface area contributed by atoms with Gasteiger partial charge in [-0.25, -0.2) is 0 Å². The third kappa shape index (κ3) is 4.33. The fourth-order valence-corrected chi connectivity index (χ4v) is 4.94. The highest BCUT2D eigenvalue weighted by Gasteiger charge is 2.34. The highest BCUT2D eigenvalue weighted by atomic mass is 79.9. The van der Waals surface area contributed by atoms with Gasteiger partial charge in [0.05, 0.1) is 5.75 Å². The van der Waals surface area contributed by atoms with Crippen LogP contribution in [0.15, 0.2) is 71.5 Å². The fraction of sp³-hybridized carbons (Fsp3) is 0.217. The lowest BCUT2D eigenvalue weighted by Gasteiger charge is -2.26. The van der Waals surface area contributed by atoms with Crippen molar-refractivity contribution in [2.75, 3.05) is 24.7 Å². The first-order valence-corrected chi connectivity index (χ1v) is 11.2. The molecule has 4 rings (SSSR count). The van der Waals surface area contributed by atoms with E-state index in [-0.39, 0.29) is 11.3 Å². The van der Waals surface area contributed by atoms with Crippen LogP contribution in [0, 0.1) is 0 Å². The average Bonchev–Trinajstić information content (AvgIpc) is 3.09. The Bertz CT molecular complexity index is 1010. The van der Waals surface area contributed by atoms with E-state index < -0.39 is 0 Å². The van der Waals surface area contributed by atoms with E-state index in [0.29, 0.717) is 12.3 Å². The number of rotatable bonds is 5. The number of aromatic nitrogens is 1. The number of amides is 1. The zero-order chi connectivity index (χ0) is 20.4. The van der Waals surface area contributed by atoms with E-state index in [4.69, 9.17) is 0 Å². The van der Waals surface area contributed by atoms with Gasteiger partial charge in [0.2, 0.25) is 5.91 Å². The number of anilines is 1. The molecule has 0 saturated carbocycles. The lowest BCUT2D eigenvalue weighted by Crippen LogP contribution is -2.28. The molecule has 4 nitrogen and oxygen atoms in total. The summed E-state index contributed by atoms with van der Waals surface area (Å²) in [5.74, 6) is 0.664. The van der Waals surface area contributed by atoms with Crippen molar-refractivity contribution in [2.24, 2.45) is 0 Å². The average molecular weight is 468 g/mol. The SMILES string of the molecule is CN(C)c1ccc(CN2C(=O)CSC2c2cnccc2-c2ccc(Br)cc2)cc1. The topological polar surface area (TPSA) is 36.4 Å². The van der Waals surface area contributed by atoms with Crippen LogP contribution < -0.4 is 4.90 Å². The first-order chi connectivity index (χ1) is 14.0. The van der Waals surface area contributed by atoms with Crippen molar-refractivity contribution >= 4 is 39.3 Å².